The van der Waals surface area contributed by atoms with Crippen molar-refractivity contribution in [2.45, 2.75) is 6.61 Å². The molecule has 0 unspecified atom stereocenters. The van der Waals surface area contributed by atoms with E-state index < -0.39 is 0 Å². The smallest absolute Gasteiger partial charge is 0.256 e. The second-order valence-corrected chi connectivity index (χ2v) is 2.68. The van der Waals surface area contributed by atoms with Crippen molar-refractivity contribution in [3.63, 3.8) is 0 Å². The van der Waals surface area contributed by atoms with Gasteiger partial charge in [-0.25, -0.2) is 0 Å². The third-order valence-corrected chi connectivity index (χ3v) is 1.74. The molecule has 0 heterocycles. The molecule has 0 amide bonds. The molecular formula is C9H11NOS. The Kier molecular flexibility index (Phi) is 3.54. The predicted molar refractivity (Wildman–Crippen MR) is 52.9 cm³/mol. The van der Waals surface area contributed by atoms with Crippen LogP contribution in [0.25, 0.3) is 0 Å². The maximum atomic E-state index is 5.20. The lowest BCUT2D eigenvalue weighted by Gasteiger charge is -2.05. The Bertz CT molecular complexity index is 248. The van der Waals surface area contributed by atoms with Gasteiger partial charge in [0.15, 0.2) is 0 Å². The third-order valence-electron chi connectivity index (χ3n) is 1.42. The Morgan fingerprint density at radius 1 is 1.42 bits per heavy atom. The van der Waals surface area contributed by atoms with Crippen LogP contribution >= 0.6 is 12.2 Å². The summed E-state index contributed by atoms with van der Waals surface area (Å²) < 4.78 is 5.20. The van der Waals surface area contributed by atoms with Gasteiger partial charge in [-0.2, -0.15) is 0 Å². The molecule has 0 fully saturated rings. The Balaban J connectivity index is 2.38. The largest absolute Gasteiger partial charge is 0.466 e. The molecule has 0 aliphatic carbocycles. The maximum Gasteiger partial charge on any atom is 0.256 e. The van der Waals surface area contributed by atoms with E-state index in [0.29, 0.717) is 11.8 Å². The molecule has 12 heavy (non-hydrogen) atoms. The number of benzene rings is 1. The number of hydrogen-bond acceptors (Lipinski definition) is 2. The summed E-state index contributed by atoms with van der Waals surface area (Å²) in [5.74, 6) is 0. The van der Waals surface area contributed by atoms with E-state index in [1.165, 1.54) is 0 Å². The van der Waals surface area contributed by atoms with Crippen LogP contribution in [0.2, 0.25) is 0 Å². The van der Waals surface area contributed by atoms with Gasteiger partial charge in [0.05, 0.1) is 0 Å². The summed E-state index contributed by atoms with van der Waals surface area (Å²) >= 11 is 4.82. The van der Waals surface area contributed by atoms with Crippen LogP contribution in [0.15, 0.2) is 30.3 Å². The number of thiocarbonyl (C=S) groups is 1. The van der Waals surface area contributed by atoms with E-state index in [9.17, 15) is 0 Å². The van der Waals surface area contributed by atoms with E-state index in [1.807, 2.05) is 30.3 Å². The van der Waals surface area contributed by atoms with Crippen LogP contribution in [0.4, 0.5) is 0 Å². The first-order valence-electron chi connectivity index (χ1n) is 3.71. The van der Waals surface area contributed by atoms with Crippen LogP contribution in [0, 0.1) is 0 Å². The molecule has 64 valence electrons. The molecule has 0 bridgehead atoms. The lowest BCUT2D eigenvalue weighted by Crippen LogP contribution is -2.18. The topological polar surface area (TPSA) is 21.3 Å². The Hall–Kier alpha value is -1.09. The first-order valence-corrected chi connectivity index (χ1v) is 4.12. The molecule has 0 radical (unpaired) electrons. The lowest BCUT2D eigenvalue weighted by atomic mass is 10.2. The van der Waals surface area contributed by atoms with Crippen LogP contribution in [0.3, 0.4) is 0 Å². The molecule has 1 N–H and O–H groups in total. The predicted octanol–water partition coefficient (Wildman–Crippen LogP) is 1.71. The van der Waals surface area contributed by atoms with Gasteiger partial charge in [0.25, 0.3) is 5.17 Å². The van der Waals surface area contributed by atoms with Gasteiger partial charge in [-0.1, -0.05) is 30.3 Å². The van der Waals surface area contributed by atoms with Crippen LogP contribution in [-0.4, -0.2) is 12.2 Å². The highest BCUT2D eigenvalue weighted by Crippen LogP contribution is 1.99. The fourth-order valence-electron chi connectivity index (χ4n) is 0.795. The summed E-state index contributed by atoms with van der Waals surface area (Å²) in [5, 5.41) is 3.17. The van der Waals surface area contributed by atoms with Gasteiger partial charge in [-0.05, 0) is 17.8 Å². The Labute approximate surface area is 77.5 Å². The van der Waals surface area contributed by atoms with Crippen LogP contribution in [-0.2, 0) is 11.3 Å². The minimum Gasteiger partial charge on any atom is -0.466 e. The van der Waals surface area contributed by atoms with Gasteiger partial charge >= 0.3 is 0 Å². The molecule has 0 aliphatic heterocycles. The van der Waals surface area contributed by atoms with Gasteiger partial charge in [0.2, 0.25) is 0 Å². The normalized spacial score (nSPS) is 9.08. The summed E-state index contributed by atoms with van der Waals surface area (Å²) in [7, 11) is 1.74. The van der Waals surface area contributed by atoms with Crippen molar-refractivity contribution in [3.05, 3.63) is 35.9 Å². The number of hydrogen-bond donors (Lipinski definition) is 1. The summed E-state index contributed by atoms with van der Waals surface area (Å²) in [5.41, 5.74) is 1.12. The zero-order valence-electron chi connectivity index (χ0n) is 6.91. The van der Waals surface area contributed by atoms with Crippen molar-refractivity contribution in [1.82, 2.24) is 5.32 Å². The van der Waals surface area contributed by atoms with Gasteiger partial charge in [0.1, 0.15) is 6.61 Å². The molecule has 1 rings (SSSR count). The first kappa shape index (κ1) is 9.00. The van der Waals surface area contributed by atoms with E-state index >= 15 is 0 Å². The molecule has 0 aliphatic rings. The van der Waals surface area contributed by atoms with Crippen molar-refractivity contribution in [3.8, 4) is 0 Å². The molecular weight excluding hydrogens is 170 g/mol. The van der Waals surface area contributed by atoms with Crippen molar-refractivity contribution in [2.24, 2.45) is 0 Å². The highest BCUT2D eigenvalue weighted by atomic mass is 32.1. The Morgan fingerprint density at radius 3 is 2.67 bits per heavy atom. The molecule has 0 saturated carbocycles. The minimum absolute atomic E-state index is 0.429. The quantitative estimate of drug-likeness (QED) is 0.702. The second-order valence-electron chi connectivity index (χ2n) is 2.31. The van der Waals surface area contributed by atoms with E-state index in [2.05, 4.69) is 5.32 Å². The van der Waals surface area contributed by atoms with Crippen molar-refractivity contribution >= 4 is 17.4 Å². The van der Waals surface area contributed by atoms with E-state index in [-0.39, 0.29) is 0 Å². The average molecular weight is 181 g/mol. The zero-order chi connectivity index (χ0) is 8.81. The molecule has 2 nitrogen and oxygen atoms in total. The first-order chi connectivity index (χ1) is 5.83. The van der Waals surface area contributed by atoms with Crippen molar-refractivity contribution < 1.29 is 4.74 Å². The molecule has 0 aromatic heterocycles. The molecule has 0 spiro atoms. The summed E-state index contributed by atoms with van der Waals surface area (Å²) in [6, 6.07) is 9.92. The molecule has 0 atom stereocenters. The third kappa shape index (κ3) is 2.88. The summed E-state index contributed by atoms with van der Waals surface area (Å²) in [6.45, 7) is 0.528. The molecule has 1 aromatic carbocycles. The van der Waals surface area contributed by atoms with Gasteiger partial charge in [-0.15, -0.1) is 0 Å². The van der Waals surface area contributed by atoms with Gasteiger partial charge < -0.3 is 10.1 Å². The van der Waals surface area contributed by atoms with Crippen LogP contribution in [0.5, 0.6) is 0 Å². The van der Waals surface area contributed by atoms with Crippen LogP contribution < -0.4 is 5.32 Å². The fourth-order valence-corrected chi connectivity index (χ4v) is 0.854. The van der Waals surface area contributed by atoms with Crippen molar-refractivity contribution in [1.29, 1.82) is 0 Å². The highest BCUT2D eigenvalue weighted by Gasteiger charge is 1.93. The van der Waals surface area contributed by atoms with Crippen LogP contribution in [0.1, 0.15) is 5.56 Å². The van der Waals surface area contributed by atoms with E-state index in [0.717, 1.165) is 5.56 Å². The summed E-state index contributed by atoms with van der Waals surface area (Å²) in [6.07, 6.45) is 0. The molecule has 1 aromatic rings. The Morgan fingerprint density at radius 2 is 2.08 bits per heavy atom. The van der Waals surface area contributed by atoms with Crippen molar-refractivity contribution in [2.75, 3.05) is 7.05 Å². The SMILES string of the molecule is CNC(=S)OCc1ccccc1. The highest BCUT2D eigenvalue weighted by molar-refractivity contribution is 7.80. The van der Waals surface area contributed by atoms with E-state index in [4.69, 9.17) is 17.0 Å². The summed E-state index contributed by atoms with van der Waals surface area (Å²) in [4.78, 5) is 0. The van der Waals surface area contributed by atoms with Gasteiger partial charge in [0, 0.05) is 7.05 Å². The number of ether oxygens (including phenoxy) is 1. The molecule has 3 heteroatoms. The minimum atomic E-state index is 0.429. The zero-order valence-corrected chi connectivity index (χ0v) is 7.73. The fraction of sp³-hybridized carbons (Fsp3) is 0.222. The number of rotatable bonds is 2. The number of nitrogens with one attached hydrogen (secondary N) is 1. The lowest BCUT2D eigenvalue weighted by molar-refractivity contribution is 0.289. The van der Waals surface area contributed by atoms with Gasteiger partial charge in [-0.3, -0.25) is 0 Å². The van der Waals surface area contributed by atoms with E-state index in [1.54, 1.807) is 7.05 Å². The monoisotopic (exact) mass is 181 g/mol. The second kappa shape index (κ2) is 4.72. The standard InChI is InChI=1S/C9H11NOS/c1-10-9(12)11-7-8-5-3-2-4-6-8/h2-6H,7H2,1H3,(H,10,12). The maximum absolute atomic E-state index is 5.20. The average Bonchev–Trinajstić information content (AvgIpc) is 2.16. The molecule has 0 saturated heterocycles.